The maximum absolute atomic E-state index is 5.41. The molecular weight excluding hydrogens is 297 g/mol. The molecule has 0 aliphatic rings. The standard InChI is InChI=1S/C9H10INOS/c1-11(2)9(13)12-8-5-3-4-7(10)6-8/h3-6H,1-2H3. The summed E-state index contributed by atoms with van der Waals surface area (Å²) in [6, 6.07) is 7.77. The minimum atomic E-state index is 0.474. The SMILES string of the molecule is CN(C)C(=S)Oc1cccc(I)c1. The van der Waals surface area contributed by atoms with Crippen LogP contribution in [-0.4, -0.2) is 24.2 Å². The third-order valence-corrected chi connectivity index (χ3v) is 2.49. The Morgan fingerprint density at radius 3 is 2.69 bits per heavy atom. The van der Waals surface area contributed by atoms with Gasteiger partial charge in [-0.2, -0.15) is 0 Å². The Morgan fingerprint density at radius 2 is 2.15 bits per heavy atom. The van der Waals surface area contributed by atoms with Crippen molar-refractivity contribution in [3.8, 4) is 5.75 Å². The van der Waals surface area contributed by atoms with Crippen molar-refractivity contribution in [3.05, 3.63) is 27.8 Å². The molecule has 0 unspecified atom stereocenters. The van der Waals surface area contributed by atoms with Gasteiger partial charge in [-0.1, -0.05) is 6.07 Å². The molecule has 0 aliphatic carbocycles. The summed E-state index contributed by atoms with van der Waals surface area (Å²) in [5.74, 6) is 0.783. The highest BCUT2D eigenvalue weighted by Gasteiger charge is 2.01. The summed E-state index contributed by atoms with van der Waals surface area (Å²) < 4.78 is 6.54. The van der Waals surface area contributed by atoms with Crippen molar-refractivity contribution in [1.82, 2.24) is 4.90 Å². The van der Waals surface area contributed by atoms with Crippen molar-refractivity contribution >= 4 is 40.0 Å². The van der Waals surface area contributed by atoms with Crippen LogP contribution < -0.4 is 4.74 Å². The largest absolute Gasteiger partial charge is 0.432 e. The zero-order valence-corrected chi connectivity index (χ0v) is 10.4. The van der Waals surface area contributed by atoms with Gasteiger partial charge in [-0.3, -0.25) is 0 Å². The van der Waals surface area contributed by atoms with E-state index in [0.717, 1.165) is 9.32 Å². The summed E-state index contributed by atoms with van der Waals surface area (Å²) in [6.45, 7) is 0. The molecule has 1 aromatic rings. The number of benzene rings is 1. The first-order valence-electron chi connectivity index (χ1n) is 3.74. The average molecular weight is 307 g/mol. The van der Waals surface area contributed by atoms with Gasteiger partial charge in [-0.15, -0.1) is 0 Å². The summed E-state index contributed by atoms with van der Waals surface area (Å²) in [7, 11) is 3.71. The fourth-order valence-electron chi connectivity index (χ4n) is 0.723. The number of rotatable bonds is 1. The number of hydrogen-bond acceptors (Lipinski definition) is 2. The zero-order valence-electron chi connectivity index (χ0n) is 7.45. The van der Waals surface area contributed by atoms with E-state index in [1.165, 1.54) is 0 Å². The summed E-state index contributed by atoms with van der Waals surface area (Å²) in [5.41, 5.74) is 0. The van der Waals surface area contributed by atoms with Gasteiger partial charge in [0.2, 0.25) is 0 Å². The highest BCUT2D eigenvalue weighted by Crippen LogP contribution is 2.15. The highest BCUT2D eigenvalue weighted by atomic mass is 127. The molecule has 1 rings (SSSR count). The molecule has 2 nitrogen and oxygen atoms in total. The summed E-state index contributed by atoms with van der Waals surface area (Å²) in [6.07, 6.45) is 0. The van der Waals surface area contributed by atoms with Crippen LogP contribution in [0.3, 0.4) is 0 Å². The van der Waals surface area contributed by atoms with Gasteiger partial charge in [0.25, 0.3) is 5.17 Å². The minimum Gasteiger partial charge on any atom is -0.432 e. The molecule has 0 spiro atoms. The second-order valence-electron chi connectivity index (χ2n) is 2.72. The van der Waals surface area contributed by atoms with E-state index in [1.54, 1.807) is 4.90 Å². The van der Waals surface area contributed by atoms with Crippen molar-refractivity contribution in [2.24, 2.45) is 0 Å². The first-order valence-corrected chi connectivity index (χ1v) is 5.23. The highest BCUT2D eigenvalue weighted by molar-refractivity contribution is 14.1. The molecule has 0 atom stereocenters. The van der Waals surface area contributed by atoms with Crippen LogP contribution in [0.4, 0.5) is 0 Å². The van der Waals surface area contributed by atoms with E-state index < -0.39 is 0 Å². The molecule has 0 saturated heterocycles. The quantitative estimate of drug-likeness (QED) is 0.584. The normalized spacial score (nSPS) is 9.46. The maximum atomic E-state index is 5.41. The Labute approximate surface area is 97.0 Å². The molecule has 0 radical (unpaired) electrons. The molecular formula is C9H10INOS. The van der Waals surface area contributed by atoms with Crippen LogP contribution in [0, 0.1) is 3.57 Å². The number of ether oxygens (including phenoxy) is 1. The number of halogens is 1. The lowest BCUT2D eigenvalue weighted by molar-refractivity contribution is 0.449. The molecule has 0 aliphatic heterocycles. The van der Waals surface area contributed by atoms with E-state index in [9.17, 15) is 0 Å². The smallest absolute Gasteiger partial charge is 0.264 e. The second kappa shape index (κ2) is 4.76. The van der Waals surface area contributed by atoms with Gasteiger partial charge in [0.1, 0.15) is 5.75 Å². The van der Waals surface area contributed by atoms with E-state index in [0.29, 0.717) is 5.17 Å². The topological polar surface area (TPSA) is 12.5 Å². The molecule has 0 N–H and O–H groups in total. The van der Waals surface area contributed by atoms with E-state index in [4.69, 9.17) is 17.0 Å². The fraction of sp³-hybridized carbons (Fsp3) is 0.222. The van der Waals surface area contributed by atoms with E-state index in [2.05, 4.69) is 22.6 Å². The molecule has 0 bridgehead atoms. The second-order valence-corrected chi connectivity index (χ2v) is 4.31. The van der Waals surface area contributed by atoms with E-state index >= 15 is 0 Å². The van der Waals surface area contributed by atoms with E-state index in [-0.39, 0.29) is 0 Å². The lowest BCUT2D eigenvalue weighted by atomic mass is 10.3. The van der Waals surface area contributed by atoms with Crippen molar-refractivity contribution in [2.45, 2.75) is 0 Å². The predicted molar refractivity (Wildman–Crippen MR) is 66.1 cm³/mol. The lowest BCUT2D eigenvalue weighted by Crippen LogP contribution is -2.24. The maximum Gasteiger partial charge on any atom is 0.264 e. The molecule has 4 heteroatoms. The summed E-state index contributed by atoms with van der Waals surface area (Å²) >= 11 is 7.24. The number of thiocarbonyl (C=S) groups is 1. The van der Waals surface area contributed by atoms with Crippen LogP contribution in [0.5, 0.6) is 5.75 Å². The number of nitrogens with zero attached hydrogens (tertiary/aromatic N) is 1. The van der Waals surface area contributed by atoms with Gasteiger partial charge in [-0.25, -0.2) is 0 Å². The Morgan fingerprint density at radius 1 is 1.46 bits per heavy atom. The molecule has 0 fully saturated rings. The first-order chi connectivity index (χ1) is 6.09. The van der Waals surface area contributed by atoms with Crippen LogP contribution in [0.2, 0.25) is 0 Å². The monoisotopic (exact) mass is 307 g/mol. The van der Waals surface area contributed by atoms with Gasteiger partial charge in [-0.05, 0) is 53.0 Å². The molecule has 0 aromatic heterocycles. The van der Waals surface area contributed by atoms with Crippen molar-refractivity contribution < 1.29 is 4.74 Å². The van der Waals surface area contributed by atoms with Gasteiger partial charge in [0.05, 0.1) is 0 Å². The van der Waals surface area contributed by atoms with Crippen LogP contribution in [0.25, 0.3) is 0 Å². The third-order valence-electron chi connectivity index (χ3n) is 1.37. The van der Waals surface area contributed by atoms with Gasteiger partial charge < -0.3 is 9.64 Å². The minimum absolute atomic E-state index is 0.474. The molecule has 0 amide bonds. The summed E-state index contributed by atoms with van der Waals surface area (Å²) in [5, 5.41) is 0.474. The van der Waals surface area contributed by atoms with Crippen molar-refractivity contribution in [3.63, 3.8) is 0 Å². The van der Waals surface area contributed by atoms with Crippen LogP contribution in [0.1, 0.15) is 0 Å². The Bertz CT molecular complexity index is 314. The van der Waals surface area contributed by atoms with Crippen LogP contribution in [0.15, 0.2) is 24.3 Å². The van der Waals surface area contributed by atoms with Crippen molar-refractivity contribution in [1.29, 1.82) is 0 Å². The van der Waals surface area contributed by atoms with Gasteiger partial charge in [0, 0.05) is 17.7 Å². The van der Waals surface area contributed by atoms with Crippen LogP contribution >= 0.6 is 34.8 Å². The Balaban J connectivity index is 2.69. The van der Waals surface area contributed by atoms with Crippen molar-refractivity contribution in [2.75, 3.05) is 14.1 Å². The first kappa shape index (κ1) is 10.7. The van der Waals surface area contributed by atoms with Gasteiger partial charge >= 0.3 is 0 Å². The van der Waals surface area contributed by atoms with Gasteiger partial charge in [0.15, 0.2) is 0 Å². The predicted octanol–water partition coefficient (Wildman–Crippen LogP) is 2.52. The Kier molecular flexibility index (Phi) is 3.92. The molecule has 0 saturated carbocycles. The number of hydrogen-bond donors (Lipinski definition) is 0. The van der Waals surface area contributed by atoms with E-state index in [1.807, 2.05) is 38.4 Å². The lowest BCUT2D eigenvalue weighted by Gasteiger charge is -2.13. The molecule has 0 heterocycles. The fourth-order valence-corrected chi connectivity index (χ4v) is 1.33. The summed E-state index contributed by atoms with van der Waals surface area (Å²) in [4.78, 5) is 1.76. The Hall–Kier alpha value is -0.360. The average Bonchev–Trinajstić information content (AvgIpc) is 2.04. The third kappa shape index (κ3) is 3.48. The molecule has 1 aromatic carbocycles. The zero-order chi connectivity index (χ0) is 9.84. The van der Waals surface area contributed by atoms with Crippen LogP contribution in [-0.2, 0) is 0 Å². The molecule has 13 heavy (non-hydrogen) atoms. The molecule has 70 valence electrons.